The van der Waals surface area contributed by atoms with E-state index >= 15 is 0 Å². The zero-order valence-electron chi connectivity index (χ0n) is 11.4. The van der Waals surface area contributed by atoms with Gasteiger partial charge in [-0.15, -0.1) is 0 Å². The van der Waals surface area contributed by atoms with Gasteiger partial charge in [-0.25, -0.2) is 4.98 Å². The number of hydrogen-bond donors (Lipinski definition) is 1. The Morgan fingerprint density at radius 2 is 2.26 bits per heavy atom. The van der Waals surface area contributed by atoms with E-state index in [1.54, 1.807) is 7.11 Å². The maximum Gasteiger partial charge on any atom is 0.126 e. The lowest BCUT2D eigenvalue weighted by Crippen LogP contribution is -2.17. The first-order chi connectivity index (χ1) is 9.17. The van der Waals surface area contributed by atoms with Gasteiger partial charge in [0, 0.05) is 25.3 Å². The van der Waals surface area contributed by atoms with Crippen LogP contribution < -0.4 is 5.73 Å². The highest BCUT2D eigenvalue weighted by molar-refractivity contribution is 6.31. The van der Waals surface area contributed by atoms with Crippen LogP contribution in [-0.2, 0) is 11.3 Å². The molecule has 19 heavy (non-hydrogen) atoms. The Morgan fingerprint density at radius 3 is 2.95 bits per heavy atom. The summed E-state index contributed by atoms with van der Waals surface area (Å²) in [6.07, 6.45) is 1.80. The summed E-state index contributed by atoms with van der Waals surface area (Å²) >= 11 is 6.01. The first-order valence-corrected chi connectivity index (χ1v) is 6.95. The molecule has 0 aliphatic heterocycles. The molecule has 1 unspecified atom stereocenters. The van der Waals surface area contributed by atoms with E-state index in [4.69, 9.17) is 22.1 Å². The summed E-state index contributed by atoms with van der Waals surface area (Å²) in [4.78, 5) is 4.64. The zero-order chi connectivity index (χ0) is 13.8. The Kier molecular flexibility index (Phi) is 4.80. The molecule has 2 aromatic rings. The van der Waals surface area contributed by atoms with Gasteiger partial charge in [-0.05, 0) is 38.0 Å². The Balaban J connectivity index is 2.31. The molecule has 1 aromatic carbocycles. The largest absolute Gasteiger partial charge is 0.385 e. The summed E-state index contributed by atoms with van der Waals surface area (Å²) in [5, 5.41) is 0.702. The quantitative estimate of drug-likeness (QED) is 0.828. The second kappa shape index (κ2) is 6.37. The molecule has 0 amide bonds. The number of benzene rings is 1. The van der Waals surface area contributed by atoms with E-state index in [1.807, 2.05) is 18.2 Å². The predicted octanol–water partition coefficient (Wildman–Crippen LogP) is 3.14. The molecule has 0 saturated carbocycles. The third kappa shape index (κ3) is 3.08. The van der Waals surface area contributed by atoms with Crippen LogP contribution in [0.5, 0.6) is 0 Å². The molecule has 2 N–H and O–H groups in total. The van der Waals surface area contributed by atoms with Crippen LogP contribution in [0.1, 0.15) is 31.6 Å². The molecular formula is C14H20ClN3O. The summed E-state index contributed by atoms with van der Waals surface area (Å²) in [6, 6.07) is 5.70. The van der Waals surface area contributed by atoms with Crippen molar-refractivity contribution in [3.05, 3.63) is 29.0 Å². The Bertz CT molecular complexity index is 553. The standard InChI is InChI=1S/C14H20ClN3O/c1-3-18-13-7-6-10(15)9-12(13)17-14(18)11(16)5-4-8-19-2/h6-7,9,11H,3-5,8,16H2,1-2H3. The van der Waals surface area contributed by atoms with Crippen molar-refractivity contribution in [1.29, 1.82) is 0 Å². The van der Waals surface area contributed by atoms with Crippen LogP contribution in [0.3, 0.4) is 0 Å². The number of methoxy groups -OCH3 is 1. The molecule has 0 radical (unpaired) electrons. The molecule has 0 aliphatic rings. The highest BCUT2D eigenvalue weighted by Crippen LogP contribution is 2.24. The monoisotopic (exact) mass is 281 g/mol. The molecule has 1 atom stereocenters. The van der Waals surface area contributed by atoms with Crippen molar-refractivity contribution in [2.75, 3.05) is 13.7 Å². The molecule has 0 saturated heterocycles. The fourth-order valence-corrected chi connectivity index (χ4v) is 2.48. The highest BCUT2D eigenvalue weighted by Gasteiger charge is 2.16. The SMILES string of the molecule is CCn1c(C(N)CCCOC)nc2cc(Cl)ccc21. The number of nitrogens with two attached hydrogens (primary N) is 1. The smallest absolute Gasteiger partial charge is 0.126 e. The average Bonchev–Trinajstić information content (AvgIpc) is 2.76. The van der Waals surface area contributed by atoms with Crippen LogP contribution in [-0.4, -0.2) is 23.3 Å². The number of nitrogens with zero attached hydrogens (tertiary/aromatic N) is 2. The maximum absolute atomic E-state index is 6.24. The van der Waals surface area contributed by atoms with Gasteiger partial charge in [-0.3, -0.25) is 0 Å². The van der Waals surface area contributed by atoms with Crippen molar-refractivity contribution < 1.29 is 4.74 Å². The van der Waals surface area contributed by atoms with Crippen molar-refractivity contribution in [2.45, 2.75) is 32.4 Å². The first kappa shape index (κ1) is 14.3. The van der Waals surface area contributed by atoms with Crippen LogP contribution >= 0.6 is 11.6 Å². The highest BCUT2D eigenvalue weighted by atomic mass is 35.5. The van der Waals surface area contributed by atoms with Crippen molar-refractivity contribution in [3.63, 3.8) is 0 Å². The van der Waals surface area contributed by atoms with E-state index < -0.39 is 0 Å². The lowest BCUT2D eigenvalue weighted by molar-refractivity contribution is 0.190. The van der Waals surface area contributed by atoms with E-state index in [1.165, 1.54) is 0 Å². The number of hydrogen-bond acceptors (Lipinski definition) is 3. The Hall–Kier alpha value is -1.10. The van der Waals surface area contributed by atoms with Crippen molar-refractivity contribution >= 4 is 22.6 Å². The molecule has 1 heterocycles. The summed E-state index contributed by atoms with van der Waals surface area (Å²) in [5.74, 6) is 0.927. The fourth-order valence-electron chi connectivity index (χ4n) is 2.31. The summed E-state index contributed by atoms with van der Waals surface area (Å²) < 4.78 is 7.22. The molecule has 0 spiro atoms. The van der Waals surface area contributed by atoms with Gasteiger partial charge in [0.2, 0.25) is 0 Å². The maximum atomic E-state index is 6.24. The number of aryl methyl sites for hydroxylation is 1. The van der Waals surface area contributed by atoms with Gasteiger partial charge in [0.1, 0.15) is 5.82 Å². The van der Waals surface area contributed by atoms with Gasteiger partial charge in [0.05, 0.1) is 17.1 Å². The van der Waals surface area contributed by atoms with Gasteiger partial charge in [0.15, 0.2) is 0 Å². The number of aromatic nitrogens is 2. The van der Waals surface area contributed by atoms with E-state index in [9.17, 15) is 0 Å². The third-order valence-corrected chi connectivity index (χ3v) is 3.49. The number of imidazole rings is 1. The van der Waals surface area contributed by atoms with Crippen LogP contribution in [0.25, 0.3) is 11.0 Å². The number of fused-ring (bicyclic) bond motifs is 1. The molecule has 4 nitrogen and oxygen atoms in total. The van der Waals surface area contributed by atoms with Gasteiger partial charge >= 0.3 is 0 Å². The molecule has 5 heteroatoms. The van der Waals surface area contributed by atoms with Gasteiger partial charge in [-0.2, -0.15) is 0 Å². The number of halogens is 1. The predicted molar refractivity (Wildman–Crippen MR) is 78.5 cm³/mol. The molecule has 1 aromatic heterocycles. The first-order valence-electron chi connectivity index (χ1n) is 6.57. The number of rotatable bonds is 6. The van der Waals surface area contributed by atoms with Crippen LogP contribution in [0, 0.1) is 0 Å². The summed E-state index contributed by atoms with van der Waals surface area (Å²) in [6.45, 7) is 3.68. The minimum Gasteiger partial charge on any atom is -0.385 e. The lowest BCUT2D eigenvalue weighted by atomic mass is 10.1. The molecule has 0 aliphatic carbocycles. The summed E-state index contributed by atoms with van der Waals surface area (Å²) in [5.41, 5.74) is 8.24. The Labute approximate surface area is 118 Å². The average molecular weight is 282 g/mol. The minimum absolute atomic E-state index is 0.0683. The molecule has 0 bridgehead atoms. The van der Waals surface area contributed by atoms with Crippen molar-refractivity contribution in [1.82, 2.24) is 9.55 Å². The van der Waals surface area contributed by atoms with Crippen LogP contribution in [0.2, 0.25) is 5.02 Å². The summed E-state index contributed by atoms with van der Waals surface area (Å²) in [7, 11) is 1.70. The fraction of sp³-hybridized carbons (Fsp3) is 0.500. The minimum atomic E-state index is -0.0683. The molecule has 0 fully saturated rings. The van der Waals surface area contributed by atoms with Gasteiger partial charge in [0.25, 0.3) is 0 Å². The van der Waals surface area contributed by atoms with E-state index in [2.05, 4.69) is 16.5 Å². The van der Waals surface area contributed by atoms with Gasteiger partial charge < -0.3 is 15.0 Å². The second-order valence-corrected chi connectivity index (χ2v) is 5.03. The zero-order valence-corrected chi connectivity index (χ0v) is 12.2. The van der Waals surface area contributed by atoms with Crippen molar-refractivity contribution in [2.24, 2.45) is 5.73 Å². The van der Waals surface area contributed by atoms with E-state index in [0.29, 0.717) is 5.02 Å². The number of ether oxygens (including phenoxy) is 1. The lowest BCUT2D eigenvalue weighted by Gasteiger charge is -2.13. The van der Waals surface area contributed by atoms with E-state index in [0.717, 1.165) is 42.9 Å². The molecule has 104 valence electrons. The van der Waals surface area contributed by atoms with Crippen LogP contribution in [0.15, 0.2) is 18.2 Å². The van der Waals surface area contributed by atoms with Gasteiger partial charge in [-0.1, -0.05) is 11.6 Å². The Morgan fingerprint density at radius 1 is 1.47 bits per heavy atom. The second-order valence-electron chi connectivity index (χ2n) is 4.59. The topological polar surface area (TPSA) is 53.1 Å². The molecular weight excluding hydrogens is 262 g/mol. The molecule has 2 rings (SSSR count). The van der Waals surface area contributed by atoms with E-state index in [-0.39, 0.29) is 6.04 Å². The third-order valence-electron chi connectivity index (χ3n) is 3.25. The van der Waals surface area contributed by atoms with Crippen molar-refractivity contribution in [3.8, 4) is 0 Å². The van der Waals surface area contributed by atoms with Crippen LogP contribution in [0.4, 0.5) is 0 Å². The normalized spacial score (nSPS) is 13.1.